The zero-order chi connectivity index (χ0) is 24.9. The first-order valence-electron chi connectivity index (χ1n) is 11.8. The Morgan fingerprint density at radius 2 is 1.94 bits per heavy atom. The highest BCUT2D eigenvalue weighted by molar-refractivity contribution is 6.34. The second-order valence-electron chi connectivity index (χ2n) is 9.45. The van der Waals surface area contributed by atoms with Gasteiger partial charge >= 0.3 is 0 Å². The molecule has 9 heteroatoms. The zero-order valence-electron chi connectivity index (χ0n) is 19.5. The molecule has 3 aliphatic rings. The van der Waals surface area contributed by atoms with Gasteiger partial charge in [0, 0.05) is 7.05 Å². The minimum Gasteiger partial charge on any atom is -0.394 e. The Labute approximate surface area is 208 Å². The number of aryl methyl sites for hydroxylation is 1. The molecule has 2 aromatic rings. The van der Waals surface area contributed by atoms with Crippen LogP contribution in [0.1, 0.15) is 30.0 Å². The number of hydrogen-bond donors (Lipinski definition) is 3. The Kier molecular flexibility index (Phi) is 6.07. The van der Waals surface area contributed by atoms with E-state index >= 15 is 0 Å². The summed E-state index contributed by atoms with van der Waals surface area (Å²) in [6, 6.07) is 12.6. The van der Waals surface area contributed by atoms with Crippen LogP contribution in [0.15, 0.2) is 48.5 Å². The van der Waals surface area contributed by atoms with E-state index in [0.29, 0.717) is 29.1 Å². The van der Waals surface area contributed by atoms with Crippen LogP contribution < -0.4 is 10.6 Å². The van der Waals surface area contributed by atoms with E-state index in [4.69, 9.17) is 16.3 Å². The molecule has 2 aromatic carbocycles. The highest BCUT2D eigenvalue weighted by Gasteiger charge is 2.75. The first kappa shape index (κ1) is 23.8. The third-order valence-electron chi connectivity index (χ3n) is 7.70. The summed E-state index contributed by atoms with van der Waals surface area (Å²) >= 11 is 6.38. The molecule has 8 nitrogen and oxygen atoms in total. The van der Waals surface area contributed by atoms with Crippen LogP contribution in [0.25, 0.3) is 0 Å². The summed E-state index contributed by atoms with van der Waals surface area (Å²) in [4.78, 5) is 42.3. The second-order valence-corrected chi connectivity index (χ2v) is 9.85. The number of rotatable bonds is 6. The molecule has 3 amide bonds. The number of halogens is 1. The van der Waals surface area contributed by atoms with Gasteiger partial charge in [-0.25, -0.2) is 0 Å². The van der Waals surface area contributed by atoms with E-state index in [2.05, 4.69) is 10.6 Å². The first-order valence-corrected chi connectivity index (χ1v) is 12.1. The zero-order valence-corrected chi connectivity index (χ0v) is 20.3. The fraction of sp³-hybridized carbons (Fsp3) is 0.423. The maximum absolute atomic E-state index is 14.0. The number of carbonyl (C=O) groups excluding carboxylic acids is 3. The monoisotopic (exact) mass is 497 g/mol. The van der Waals surface area contributed by atoms with E-state index in [1.807, 2.05) is 43.3 Å². The van der Waals surface area contributed by atoms with Crippen molar-refractivity contribution in [3.8, 4) is 0 Å². The molecule has 3 N–H and O–H groups in total. The minimum absolute atomic E-state index is 0.279. The average molecular weight is 498 g/mol. The molecule has 6 atom stereocenters. The molecule has 2 bridgehead atoms. The van der Waals surface area contributed by atoms with E-state index in [1.54, 1.807) is 12.1 Å². The summed E-state index contributed by atoms with van der Waals surface area (Å²) < 4.78 is 6.38. The van der Waals surface area contributed by atoms with E-state index in [0.717, 1.165) is 5.56 Å². The predicted octanol–water partition coefficient (Wildman–Crippen LogP) is 2.44. The maximum Gasteiger partial charge on any atom is 0.250 e. The van der Waals surface area contributed by atoms with Gasteiger partial charge in [-0.1, -0.05) is 54.1 Å². The number of nitrogens with zero attached hydrogens (tertiary/aromatic N) is 1. The number of para-hydroxylation sites is 1. The second kappa shape index (κ2) is 8.93. The van der Waals surface area contributed by atoms with Crippen LogP contribution in [-0.4, -0.2) is 59.1 Å². The standard InChI is InChI=1S/C26H28ClN3O5/c1-14-7-6-10-16(27)21(14)29-24(33)22-26-12-11-18(35-26)19(23(32)28-2)20(26)25(34)30(22)17(13-31)15-8-4-3-5-9-15/h3-10,17-20,22,31H,11-13H2,1-2H3,(H,28,32)(H,29,33)/t17-,18+,19-,20+,22?,26?/m1/s1. The van der Waals surface area contributed by atoms with Crippen molar-refractivity contribution in [3.63, 3.8) is 0 Å². The van der Waals surface area contributed by atoms with Gasteiger partial charge in [0.05, 0.1) is 41.3 Å². The summed E-state index contributed by atoms with van der Waals surface area (Å²) in [7, 11) is 1.53. The molecule has 0 saturated carbocycles. The van der Waals surface area contributed by atoms with Gasteiger partial charge in [0.1, 0.15) is 11.6 Å². The topological polar surface area (TPSA) is 108 Å². The molecule has 5 rings (SSSR count). The van der Waals surface area contributed by atoms with Gasteiger partial charge in [-0.2, -0.15) is 0 Å². The van der Waals surface area contributed by atoms with E-state index in [-0.39, 0.29) is 18.4 Å². The smallest absolute Gasteiger partial charge is 0.250 e. The number of benzene rings is 2. The van der Waals surface area contributed by atoms with Crippen molar-refractivity contribution in [3.05, 3.63) is 64.7 Å². The average Bonchev–Trinajstić information content (AvgIpc) is 3.50. The van der Waals surface area contributed by atoms with Gasteiger partial charge in [-0.15, -0.1) is 0 Å². The fourth-order valence-electron chi connectivity index (χ4n) is 6.20. The van der Waals surface area contributed by atoms with Gasteiger partial charge in [0.2, 0.25) is 17.7 Å². The van der Waals surface area contributed by atoms with Crippen molar-refractivity contribution in [1.29, 1.82) is 0 Å². The summed E-state index contributed by atoms with van der Waals surface area (Å²) in [5, 5.41) is 16.4. The SMILES string of the molecule is CNC(=O)[C@@H]1[C@@H]2CCC3(O2)C(C(=O)Nc2c(C)cccc2Cl)N([C@H](CO)c2ccccc2)C(=O)[C@H]13. The summed E-state index contributed by atoms with van der Waals surface area (Å²) in [5.74, 6) is -2.61. The number of likely N-dealkylation sites (tertiary alicyclic amines) is 1. The number of nitrogens with one attached hydrogen (secondary N) is 2. The van der Waals surface area contributed by atoms with Gasteiger partial charge < -0.3 is 25.4 Å². The van der Waals surface area contributed by atoms with Crippen molar-refractivity contribution in [2.45, 2.75) is 43.6 Å². The largest absolute Gasteiger partial charge is 0.394 e. The quantitative estimate of drug-likeness (QED) is 0.568. The molecule has 3 aliphatic heterocycles. The van der Waals surface area contributed by atoms with Gasteiger partial charge in [-0.05, 0) is 37.0 Å². The third-order valence-corrected chi connectivity index (χ3v) is 8.01. The molecule has 0 aliphatic carbocycles. The Hall–Kier alpha value is -2.94. The first-order chi connectivity index (χ1) is 16.8. The lowest BCUT2D eigenvalue weighted by Crippen LogP contribution is -2.54. The number of fused-ring (bicyclic) bond motifs is 1. The van der Waals surface area contributed by atoms with Gasteiger partial charge in [0.15, 0.2) is 0 Å². The Morgan fingerprint density at radius 1 is 1.20 bits per heavy atom. The normalized spacial score (nSPS) is 29.7. The molecule has 2 unspecified atom stereocenters. The third kappa shape index (κ3) is 3.54. The number of aliphatic hydroxyl groups is 1. The molecular weight excluding hydrogens is 470 g/mol. The number of hydrogen-bond acceptors (Lipinski definition) is 5. The van der Waals surface area contributed by atoms with Crippen molar-refractivity contribution >= 4 is 35.0 Å². The number of anilines is 1. The van der Waals surface area contributed by atoms with Crippen LogP contribution in [-0.2, 0) is 19.1 Å². The molecule has 3 fully saturated rings. The van der Waals surface area contributed by atoms with Crippen LogP contribution in [0.3, 0.4) is 0 Å². The summed E-state index contributed by atoms with van der Waals surface area (Å²) in [6.45, 7) is 1.45. The van der Waals surface area contributed by atoms with Crippen molar-refractivity contribution in [2.24, 2.45) is 11.8 Å². The lowest BCUT2D eigenvalue weighted by Gasteiger charge is -2.37. The molecule has 0 aromatic heterocycles. The molecule has 35 heavy (non-hydrogen) atoms. The molecule has 184 valence electrons. The van der Waals surface area contributed by atoms with E-state index in [9.17, 15) is 19.5 Å². The van der Waals surface area contributed by atoms with Crippen LogP contribution >= 0.6 is 11.6 Å². The molecule has 3 saturated heterocycles. The number of ether oxygens (including phenoxy) is 1. The minimum atomic E-state index is -1.17. The van der Waals surface area contributed by atoms with Gasteiger partial charge in [-0.3, -0.25) is 14.4 Å². The van der Waals surface area contributed by atoms with Crippen molar-refractivity contribution in [1.82, 2.24) is 10.2 Å². The molecule has 1 spiro atoms. The van der Waals surface area contributed by atoms with Gasteiger partial charge in [0.25, 0.3) is 0 Å². The number of aliphatic hydroxyl groups excluding tert-OH is 1. The number of amides is 3. The fourth-order valence-corrected chi connectivity index (χ4v) is 6.47. The van der Waals surface area contributed by atoms with Crippen LogP contribution in [0.2, 0.25) is 5.02 Å². The van der Waals surface area contributed by atoms with Crippen LogP contribution in [0.4, 0.5) is 5.69 Å². The van der Waals surface area contributed by atoms with Crippen molar-refractivity contribution in [2.75, 3.05) is 19.0 Å². The van der Waals surface area contributed by atoms with Crippen LogP contribution in [0.5, 0.6) is 0 Å². The highest BCUT2D eigenvalue weighted by Crippen LogP contribution is 2.59. The highest BCUT2D eigenvalue weighted by atomic mass is 35.5. The summed E-state index contributed by atoms with van der Waals surface area (Å²) in [6.07, 6.45) is 0.595. The maximum atomic E-state index is 14.0. The van der Waals surface area contributed by atoms with E-state index < -0.39 is 41.5 Å². The lowest BCUT2D eigenvalue weighted by molar-refractivity contribution is -0.144. The van der Waals surface area contributed by atoms with Crippen molar-refractivity contribution < 1.29 is 24.2 Å². The predicted molar refractivity (Wildman–Crippen MR) is 130 cm³/mol. The Balaban J connectivity index is 1.61. The number of carbonyl (C=O) groups is 3. The van der Waals surface area contributed by atoms with E-state index in [1.165, 1.54) is 11.9 Å². The van der Waals surface area contributed by atoms with Crippen LogP contribution in [0, 0.1) is 18.8 Å². The molecule has 3 heterocycles. The Morgan fingerprint density at radius 3 is 2.60 bits per heavy atom. The molecule has 0 radical (unpaired) electrons. The Bertz CT molecular complexity index is 1150. The lowest BCUT2D eigenvalue weighted by atomic mass is 9.70. The summed E-state index contributed by atoms with van der Waals surface area (Å²) in [5.41, 5.74) is 0.761. The molecular formula is C26H28ClN3O5.